The highest BCUT2D eigenvalue weighted by Gasteiger charge is 2.21. The quantitative estimate of drug-likeness (QED) is 0.381. The fourth-order valence-corrected chi connectivity index (χ4v) is 2.99. The number of nitrogens with two attached hydrogens (primary N) is 1. The van der Waals surface area contributed by atoms with Gasteiger partial charge in [-0.2, -0.15) is 0 Å². The van der Waals surface area contributed by atoms with E-state index in [1.807, 2.05) is 24.3 Å². The maximum absolute atomic E-state index is 8.92. The van der Waals surface area contributed by atoms with E-state index >= 15 is 0 Å². The van der Waals surface area contributed by atoms with Gasteiger partial charge in [0.2, 0.25) is 0 Å². The summed E-state index contributed by atoms with van der Waals surface area (Å²) >= 11 is 0. The Bertz CT molecular complexity index is 666. The molecule has 0 spiro atoms. The molecule has 0 saturated carbocycles. The number of hydrogen-bond donors (Lipinski definition) is 2. The molecule has 1 atom stereocenters. The summed E-state index contributed by atoms with van der Waals surface area (Å²) in [6.07, 6.45) is 1.23. The third kappa shape index (κ3) is 2.07. The van der Waals surface area contributed by atoms with E-state index in [0.717, 1.165) is 35.3 Å². The Morgan fingerprint density at radius 1 is 1.25 bits per heavy atom. The van der Waals surface area contributed by atoms with Gasteiger partial charge in [-0.25, -0.2) is 0 Å². The van der Waals surface area contributed by atoms with Crippen molar-refractivity contribution in [2.45, 2.75) is 13.3 Å². The number of anilines is 1. The maximum Gasteiger partial charge on any atom is 0.170 e. The average molecular weight is 269 g/mol. The molecular formula is C16H19N3O. The highest BCUT2D eigenvalue weighted by Crippen LogP contribution is 2.32. The summed E-state index contributed by atoms with van der Waals surface area (Å²) in [5.41, 5.74) is 7.78. The molecule has 0 aliphatic carbocycles. The van der Waals surface area contributed by atoms with E-state index < -0.39 is 0 Å². The van der Waals surface area contributed by atoms with Crippen LogP contribution in [-0.2, 0) is 0 Å². The largest absolute Gasteiger partial charge is 0.409 e. The van der Waals surface area contributed by atoms with Gasteiger partial charge in [0.1, 0.15) is 0 Å². The molecule has 3 rings (SSSR count). The van der Waals surface area contributed by atoms with Gasteiger partial charge in [0.25, 0.3) is 0 Å². The van der Waals surface area contributed by atoms with E-state index in [-0.39, 0.29) is 5.84 Å². The normalized spacial score (nSPS) is 19.8. The van der Waals surface area contributed by atoms with Gasteiger partial charge >= 0.3 is 0 Å². The van der Waals surface area contributed by atoms with E-state index in [4.69, 9.17) is 10.9 Å². The van der Waals surface area contributed by atoms with Gasteiger partial charge in [-0.1, -0.05) is 36.3 Å². The molecule has 1 fully saturated rings. The van der Waals surface area contributed by atoms with Crippen molar-refractivity contribution in [3.63, 3.8) is 0 Å². The second-order valence-corrected chi connectivity index (χ2v) is 5.50. The lowest BCUT2D eigenvalue weighted by Gasteiger charge is -2.21. The summed E-state index contributed by atoms with van der Waals surface area (Å²) in [4.78, 5) is 2.42. The SMILES string of the molecule is CC1CCN(c2ccc(/C(N)=N/O)c3ccccc23)C1. The number of oxime groups is 1. The van der Waals surface area contributed by atoms with Crippen LogP contribution in [0.1, 0.15) is 18.9 Å². The van der Waals surface area contributed by atoms with Gasteiger partial charge < -0.3 is 15.8 Å². The van der Waals surface area contributed by atoms with E-state index in [1.54, 1.807) is 0 Å². The molecule has 4 heteroatoms. The second-order valence-electron chi connectivity index (χ2n) is 5.50. The summed E-state index contributed by atoms with van der Waals surface area (Å²) in [7, 11) is 0. The van der Waals surface area contributed by atoms with Gasteiger partial charge in [-0.15, -0.1) is 0 Å². The number of fused-ring (bicyclic) bond motifs is 1. The Morgan fingerprint density at radius 3 is 2.65 bits per heavy atom. The third-order valence-electron chi connectivity index (χ3n) is 4.05. The molecule has 4 nitrogen and oxygen atoms in total. The minimum absolute atomic E-state index is 0.155. The van der Waals surface area contributed by atoms with Crippen molar-refractivity contribution in [1.29, 1.82) is 0 Å². The molecule has 0 aromatic heterocycles. The lowest BCUT2D eigenvalue weighted by Crippen LogP contribution is -2.20. The summed E-state index contributed by atoms with van der Waals surface area (Å²) < 4.78 is 0. The van der Waals surface area contributed by atoms with Gasteiger partial charge in [-0.05, 0) is 29.9 Å². The summed E-state index contributed by atoms with van der Waals surface area (Å²) in [6, 6.07) is 12.1. The Labute approximate surface area is 118 Å². The van der Waals surface area contributed by atoms with Gasteiger partial charge in [0.05, 0.1) is 0 Å². The zero-order chi connectivity index (χ0) is 14.1. The van der Waals surface area contributed by atoms with Crippen molar-refractivity contribution >= 4 is 22.3 Å². The van der Waals surface area contributed by atoms with Crippen LogP contribution >= 0.6 is 0 Å². The van der Waals surface area contributed by atoms with Gasteiger partial charge in [-0.3, -0.25) is 0 Å². The molecule has 2 aromatic carbocycles. The number of amidine groups is 1. The summed E-state index contributed by atoms with van der Waals surface area (Å²) in [5, 5.41) is 14.2. The van der Waals surface area contributed by atoms with Crippen LogP contribution in [0.2, 0.25) is 0 Å². The number of rotatable bonds is 2. The second kappa shape index (κ2) is 5.04. The predicted molar refractivity (Wildman–Crippen MR) is 82.5 cm³/mol. The lowest BCUT2D eigenvalue weighted by atomic mass is 10.0. The molecule has 0 bridgehead atoms. The first-order valence-corrected chi connectivity index (χ1v) is 6.95. The number of nitrogens with zero attached hydrogens (tertiary/aromatic N) is 2. The van der Waals surface area contributed by atoms with Crippen LogP contribution in [0.4, 0.5) is 5.69 Å². The van der Waals surface area contributed by atoms with Crippen LogP contribution in [0.15, 0.2) is 41.6 Å². The van der Waals surface area contributed by atoms with Crippen molar-refractivity contribution in [2.24, 2.45) is 16.8 Å². The van der Waals surface area contributed by atoms with Crippen molar-refractivity contribution in [3.05, 3.63) is 42.0 Å². The summed E-state index contributed by atoms with van der Waals surface area (Å²) in [5.74, 6) is 0.889. The van der Waals surface area contributed by atoms with Crippen LogP contribution in [0.5, 0.6) is 0 Å². The molecule has 104 valence electrons. The zero-order valence-electron chi connectivity index (χ0n) is 11.6. The monoisotopic (exact) mass is 269 g/mol. The highest BCUT2D eigenvalue weighted by atomic mass is 16.4. The van der Waals surface area contributed by atoms with Gasteiger partial charge in [0, 0.05) is 29.7 Å². The molecule has 0 radical (unpaired) electrons. The minimum Gasteiger partial charge on any atom is -0.409 e. The predicted octanol–water partition coefficient (Wildman–Crippen LogP) is 2.78. The number of hydrogen-bond acceptors (Lipinski definition) is 3. The molecule has 20 heavy (non-hydrogen) atoms. The molecule has 1 unspecified atom stereocenters. The minimum atomic E-state index is 0.155. The van der Waals surface area contributed by atoms with Crippen molar-refractivity contribution < 1.29 is 5.21 Å². The van der Waals surface area contributed by atoms with Crippen LogP contribution < -0.4 is 10.6 Å². The molecule has 1 saturated heterocycles. The van der Waals surface area contributed by atoms with Gasteiger partial charge in [0.15, 0.2) is 5.84 Å². The molecule has 1 aliphatic rings. The van der Waals surface area contributed by atoms with Crippen LogP contribution in [0.3, 0.4) is 0 Å². The maximum atomic E-state index is 8.92. The Morgan fingerprint density at radius 2 is 2.00 bits per heavy atom. The number of benzene rings is 2. The first-order valence-electron chi connectivity index (χ1n) is 6.95. The van der Waals surface area contributed by atoms with Crippen molar-refractivity contribution in [1.82, 2.24) is 0 Å². The fourth-order valence-electron chi connectivity index (χ4n) is 2.99. The third-order valence-corrected chi connectivity index (χ3v) is 4.05. The highest BCUT2D eigenvalue weighted by molar-refractivity contribution is 6.11. The zero-order valence-corrected chi connectivity index (χ0v) is 11.6. The van der Waals surface area contributed by atoms with Crippen molar-refractivity contribution in [2.75, 3.05) is 18.0 Å². The summed E-state index contributed by atoms with van der Waals surface area (Å²) in [6.45, 7) is 4.47. The van der Waals surface area contributed by atoms with Crippen molar-refractivity contribution in [3.8, 4) is 0 Å². The standard InChI is InChI=1S/C16H19N3O/c1-11-8-9-19(10-11)15-7-6-14(16(17)18-20)12-4-2-3-5-13(12)15/h2-7,11,20H,8-10H2,1H3,(H2,17,18). The molecule has 2 aromatic rings. The molecule has 1 aliphatic heterocycles. The topological polar surface area (TPSA) is 61.8 Å². The Balaban J connectivity index is 2.16. The van der Waals surface area contributed by atoms with E-state index in [0.29, 0.717) is 0 Å². The fraction of sp³-hybridized carbons (Fsp3) is 0.312. The molecule has 1 heterocycles. The van der Waals surface area contributed by atoms with Crippen LogP contribution in [-0.4, -0.2) is 24.1 Å². The lowest BCUT2D eigenvalue weighted by molar-refractivity contribution is 0.318. The van der Waals surface area contributed by atoms with E-state index in [2.05, 4.69) is 29.1 Å². The Hall–Kier alpha value is -2.23. The molecule has 3 N–H and O–H groups in total. The van der Waals surface area contributed by atoms with E-state index in [9.17, 15) is 0 Å². The first kappa shape index (κ1) is 12.8. The van der Waals surface area contributed by atoms with Crippen LogP contribution in [0, 0.1) is 5.92 Å². The first-order chi connectivity index (χ1) is 9.70. The average Bonchev–Trinajstić information content (AvgIpc) is 2.91. The molecular weight excluding hydrogens is 250 g/mol. The molecule has 0 amide bonds. The Kier molecular flexibility index (Phi) is 3.22. The van der Waals surface area contributed by atoms with Crippen LogP contribution in [0.25, 0.3) is 10.8 Å². The smallest absolute Gasteiger partial charge is 0.170 e. The van der Waals surface area contributed by atoms with E-state index in [1.165, 1.54) is 12.1 Å².